The number of rotatable bonds is 5. The van der Waals surface area contributed by atoms with Gasteiger partial charge in [0.25, 0.3) is 0 Å². The lowest BCUT2D eigenvalue weighted by molar-refractivity contribution is 0.0127. The van der Waals surface area contributed by atoms with E-state index in [4.69, 9.17) is 11.1 Å². The monoisotopic (exact) mass is 242 g/mol. The van der Waals surface area contributed by atoms with Crippen LogP contribution in [0.25, 0.3) is 0 Å². The summed E-state index contributed by atoms with van der Waals surface area (Å²) in [6, 6.07) is 0.344. The summed E-state index contributed by atoms with van der Waals surface area (Å²) in [6.45, 7) is 10.5. The minimum absolute atomic E-state index is 0.261. The highest BCUT2D eigenvalue weighted by Gasteiger charge is 2.24. The zero-order valence-corrected chi connectivity index (χ0v) is 11.2. The highest BCUT2D eigenvalue weighted by atomic mass is 16.3. The summed E-state index contributed by atoms with van der Waals surface area (Å²) >= 11 is 0. The van der Waals surface area contributed by atoms with E-state index in [1.807, 2.05) is 13.8 Å². The van der Waals surface area contributed by atoms with Gasteiger partial charge in [0.05, 0.1) is 11.4 Å². The summed E-state index contributed by atoms with van der Waals surface area (Å²) < 4.78 is 0. The Bertz CT molecular complexity index is 254. The molecule has 5 nitrogen and oxygen atoms in total. The minimum Gasteiger partial charge on any atom is -0.389 e. The van der Waals surface area contributed by atoms with Crippen molar-refractivity contribution in [2.75, 3.05) is 32.7 Å². The van der Waals surface area contributed by atoms with E-state index in [0.29, 0.717) is 12.5 Å². The fourth-order valence-electron chi connectivity index (χ4n) is 2.36. The van der Waals surface area contributed by atoms with Crippen molar-refractivity contribution in [3.63, 3.8) is 0 Å². The maximum Gasteiger partial charge on any atom is 0.0920 e. The van der Waals surface area contributed by atoms with Gasteiger partial charge in [-0.3, -0.25) is 15.2 Å². The van der Waals surface area contributed by atoms with E-state index >= 15 is 0 Å². The van der Waals surface area contributed by atoms with Gasteiger partial charge in [-0.15, -0.1) is 0 Å². The molecule has 4 N–H and O–H groups in total. The maximum atomic E-state index is 9.76. The summed E-state index contributed by atoms with van der Waals surface area (Å²) in [5.74, 6) is 0.261. The van der Waals surface area contributed by atoms with E-state index in [0.717, 1.165) is 32.7 Å². The Balaban J connectivity index is 2.33. The van der Waals surface area contributed by atoms with E-state index in [1.54, 1.807) is 0 Å². The lowest BCUT2D eigenvalue weighted by atomic mass is 10.1. The van der Waals surface area contributed by atoms with Gasteiger partial charge in [-0.25, -0.2) is 0 Å². The number of nitrogens with one attached hydrogen (secondary N) is 1. The molecule has 1 fully saturated rings. The van der Waals surface area contributed by atoms with Gasteiger partial charge in [-0.05, 0) is 20.8 Å². The molecule has 0 aromatic rings. The van der Waals surface area contributed by atoms with Crippen LogP contribution in [-0.4, -0.2) is 65.1 Å². The molecule has 0 saturated carbocycles. The van der Waals surface area contributed by atoms with Crippen molar-refractivity contribution in [1.82, 2.24) is 9.80 Å². The first-order valence-electron chi connectivity index (χ1n) is 6.29. The molecule has 1 aliphatic rings. The second-order valence-electron chi connectivity index (χ2n) is 5.70. The van der Waals surface area contributed by atoms with E-state index < -0.39 is 5.60 Å². The number of nitrogens with zero attached hydrogens (tertiary/aromatic N) is 2. The topological polar surface area (TPSA) is 76.6 Å². The van der Waals surface area contributed by atoms with Crippen LogP contribution in [0.1, 0.15) is 27.2 Å². The summed E-state index contributed by atoms with van der Waals surface area (Å²) in [7, 11) is 0. The van der Waals surface area contributed by atoms with Crippen molar-refractivity contribution in [2.45, 2.75) is 38.8 Å². The fraction of sp³-hybridized carbons (Fsp3) is 0.917. The van der Waals surface area contributed by atoms with Crippen LogP contribution in [0, 0.1) is 5.41 Å². The Morgan fingerprint density at radius 2 is 1.88 bits per heavy atom. The van der Waals surface area contributed by atoms with Crippen LogP contribution in [0.5, 0.6) is 0 Å². The largest absolute Gasteiger partial charge is 0.389 e. The second kappa shape index (κ2) is 5.80. The molecule has 1 heterocycles. The number of piperazine rings is 1. The molecule has 100 valence electrons. The fourth-order valence-corrected chi connectivity index (χ4v) is 2.36. The second-order valence-corrected chi connectivity index (χ2v) is 5.70. The van der Waals surface area contributed by atoms with Crippen LogP contribution in [0.2, 0.25) is 0 Å². The third-order valence-electron chi connectivity index (χ3n) is 3.16. The molecule has 0 amide bonds. The molecule has 0 aliphatic carbocycles. The first-order chi connectivity index (χ1) is 7.78. The zero-order chi connectivity index (χ0) is 13.1. The molecular weight excluding hydrogens is 216 g/mol. The van der Waals surface area contributed by atoms with Crippen molar-refractivity contribution in [3.05, 3.63) is 0 Å². The molecule has 0 bridgehead atoms. The van der Waals surface area contributed by atoms with Gasteiger partial charge < -0.3 is 10.8 Å². The van der Waals surface area contributed by atoms with Crippen LogP contribution in [-0.2, 0) is 0 Å². The number of hydrogen-bond donors (Lipinski definition) is 3. The summed E-state index contributed by atoms with van der Waals surface area (Å²) in [4.78, 5) is 4.65. The van der Waals surface area contributed by atoms with E-state index in [2.05, 4.69) is 16.7 Å². The first-order valence-corrected chi connectivity index (χ1v) is 6.29. The summed E-state index contributed by atoms with van der Waals surface area (Å²) in [5.41, 5.74) is 4.81. The van der Waals surface area contributed by atoms with E-state index in [1.165, 1.54) is 0 Å². The van der Waals surface area contributed by atoms with Gasteiger partial charge in [0.2, 0.25) is 0 Å². The molecule has 0 aromatic heterocycles. The summed E-state index contributed by atoms with van der Waals surface area (Å²) in [5, 5.41) is 17.1. The predicted octanol–water partition coefficient (Wildman–Crippen LogP) is 0.0895. The predicted molar refractivity (Wildman–Crippen MR) is 70.3 cm³/mol. The molecule has 17 heavy (non-hydrogen) atoms. The Morgan fingerprint density at radius 1 is 1.35 bits per heavy atom. The lowest BCUT2D eigenvalue weighted by Gasteiger charge is -2.39. The SMILES string of the molecule is CC(CC(=N)N)N1CCN(CC(C)(C)O)CC1. The van der Waals surface area contributed by atoms with Crippen LogP contribution >= 0.6 is 0 Å². The van der Waals surface area contributed by atoms with Crippen LogP contribution in [0.4, 0.5) is 0 Å². The standard InChI is InChI=1S/C12H26N4O/c1-10(8-11(13)14)16-6-4-15(5-7-16)9-12(2,3)17/h10,17H,4-9H2,1-3H3,(H3,13,14). The van der Waals surface area contributed by atoms with Crippen molar-refractivity contribution in [3.8, 4) is 0 Å². The maximum absolute atomic E-state index is 9.76. The van der Waals surface area contributed by atoms with Crippen molar-refractivity contribution in [1.29, 1.82) is 5.41 Å². The van der Waals surface area contributed by atoms with Gasteiger partial charge in [0, 0.05) is 45.2 Å². The molecule has 1 aliphatic heterocycles. The van der Waals surface area contributed by atoms with Gasteiger partial charge in [-0.2, -0.15) is 0 Å². The normalized spacial score (nSPS) is 21.4. The van der Waals surface area contributed by atoms with Crippen LogP contribution < -0.4 is 5.73 Å². The molecule has 1 rings (SSSR count). The van der Waals surface area contributed by atoms with Crippen LogP contribution in [0.3, 0.4) is 0 Å². The number of nitrogens with two attached hydrogens (primary N) is 1. The quantitative estimate of drug-likeness (QED) is 0.472. The average Bonchev–Trinajstić information content (AvgIpc) is 2.15. The number of β-amino-alcohol motifs (C(OH)–C–C–N with tert-alkyl or cyclic N) is 1. The molecule has 5 heteroatoms. The highest BCUT2D eigenvalue weighted by Crippen LogP contribution is 2.11. The third-order valence-corrected chi connectivity index (χ3v) is 3.16. The average molecular weight is 242 g/mol. The first kappa shape index (κ1) is 14.4. The van der Waals surface area contributed by atoms with Crippen molar-refractivity contribution >= 4 is 5.84 Å². The molecule has 1 atom stereocenters. The van der Waals surface area contributed by atoms with E-state index in [9.17, 15) is 5.11 Å². The zero-order valence-electron chi connectivity index (χ0n) is 11.2. The minimum atomic E-state index is -0.618. The van der Waals surface area contributed by atoms with Crippen molar-refractivity contribution in [2.24, 2.45) is 5.73 Å². The molecule has 1 saturated heterocycles. The molecular formula is C12H26N4O. The van der Waals surface area contributed by atoms with Gasteiger partial charge in [0.15, 0.2) is 0 Å². The Labute approximate surface area is 104 Å². The Morgan fingerprint density at radius 3 is 2.29 bits per heavy atom. The smallest absolute Gasteiger partial charge is 0.0920 e. The molecule has 0 radical (unpaired) electrons. The number of amidine groups is 1. The van der Waals surface area contributed by atoms with Gasteiger partial charge >= 0.3 is 0 Å². The lowest BCUT2D eigenvalue weighted by Crippen LogP contribution is -2.53. The van der Waals surface area contributed by atoms with Crippen molar-refractivity contribution < 1.29 is 5.11 Å². The number of hydrogen-bond acceptors (Lipinski definition) is 4. The summed E-state index contributed by atoms with van der Waals surface area (Å²) in [6.07, 6.45) is 0.644. The van der Waals surface area contributed by atoms with Gasteiger partial charge in [0.1, 0.15) is 0 Å². The highest BCUT2D eigenvalue weighted by molar-refractivity contribution is 5.77. The van der Waals surface area contributed by atoms with Gasteiger partial charge in [-0.1, -0.05) is 0 Å². The number of aliphatic hydroxyl groups is 1. The molecule has 0 aromatic carbocycles. The molecule has 1 unspecified atom stereocenters. The Kier molecular flexibility index (Phi) is 4.91. The van der Waals surface area contributed by atoms with E-state index in [-0.39, 0.29) is 5.84 Å². The van der Waals surface area contributed by atoms with Crippen LogP contribution in [0.15, 0.2) is 0 Å². The third kappa shape index (κ3) is 5.48. The Hall–Kier alpha value is -0.650. The molecule has 0 spiro atoms.